The Labute approximate surface area is 143 Å². The first kappa shape index (κ1) is 17.4. The molecule has 7 nitrogen and oxygen atoms in total. The maximum atomic E-state index is 11.0. The van der Waals surface area contributed by atoms with Gasteiger partial charge in [0.2, 0.25) is 0 Å². The lowest BCUT2D eigenvalue weighted by atomic mass is 9.91. The number of aryl methyl sites for hydroxylation is 1. The van der Waals surface area contributed by atoms with Crippen molar-refractivity contribution in [1.82, 2.24) is 19.7 Å². The second kappa shape index (κ2) is 6.27. The summed E-state index contributed by atoms with van der Waals surface area (Å²) in [6.45, 7) is 9.77. The largest absolute Gasteiger partial charge is 0.465 e. The van der Waals surface area contributed by atoms with Crippen LogP contribution in [0.1, 0.15) is 50.9 Å². The minimum absolute atomic E-state index is 0.216. The van der Waals surface area contributed by atoms with Crippen LogP contribution in [0.2, 0.25) is 0 Å². The standard InChI is InChI=1S/C15H20BrN5O2/c1-8-10(16)6-17-13(18-8)9(2)21-7-11(19-14(22)23)12(20-21)15(3,4)5/h6-7,9,19H,1-5H3,(H,22,23). The highest BCUT2D eigenvalue weighted by molar-refractivity contribution is 9.10. The fraction of sp³-hybridized carbons (Fsp3) is 0.467. The number of carboxylic acid groups (broad SMARTS) is 1. The van der Waals surface area contributed by atoms with Crippen molar-refractivity contribution in [2.24, 2.45) is 0 Å². The molecule has 0 radical (unpaired) electrons. The molecule has 8 heteroatoms. The van der Waals surface area contributed by atoms with Crippen LogP contribution in [0.15, 0.2) is 16.9 Å². The molecule has 0 fully saturated rings. The van der Waals surface area contributed by atoms with Crippen LogP contribution >= 0.6 is 15.9 Å². The number of hydrogen-bond acceptors (Lipinski definition) is 4. The van der Waals surface area contributed by atoms with Crippen molar-refractivity contribution >= 4 is 27.7 Å². The fourth-order valence-electron chi connectivity index (χ4n) is 2.14. The predicted octanol–water partition coefficient (Wildman–Crippen LogP) is 3.74. The van der Waals surface area contributed by atoms with Crippen molar-refractivity contribution in [2.45, 2.75) is 46.1 Å². The molecule has 0 saturated heterocycles. The zero-order chi connectivity index (χ0) is 17.4. The van der Waals surface area contributed by atoms with E-state index in [-0.39, 0.29) is 11.5 Å². The van der Waals surface area contributed by atoms with E-state index in [1.165, 1.54) is 0 Å². The third-order valence-corrected chi connectivity index (χ3v) is 4.17. The molecule has 1 unspecified atom stereocenters. The normalized spacial score (nSPS) is 13.0. The molecule has 0 aliphatic heterocycles. The summed E-state index contributed by atoms with van der Waals surface area (Å²) >= 11 is 3.38. The highest BCUT2D eigenvalue weighted by Gasteiger charge is 2.25. The van der Waals surface area contributed by atoms with Crippen molar-refractivity contribution < 1.29 is 9.90 Å². The van der Waals surface area contributed by atoms with E-state index in [0.717, 1.165) is 10.2 Å². The molecule has 0 saturated carbocycles. The van der Waals surface area contributed by atoms with Crippen LogP contribution in [0.25, 0.3) is 0 Å². The minimum Gasteiger partial charge on any atom is -0.465 e. The monoisotopic (exact) mass is 381 g/mol. The van der Waals surface area contributed by atoms with Gasteiger partial charge >= 0.3 is 6.09 Å². The highest BCUT2D eigenvalue weighted by atomic mass is 79.9. The molecule has 2 heterocycles. The third kappa shape index (κ3) is 3.87. The number of aromatic nitrogens is 4. The lowest BCUT2D eigenvalue weighted by Gasteiger charge is -2.17. The van der Waals surface area contributed by atoms with E-state index in [4.69, 9.17) is 5.11 Å². The van der Waals surface area contributed by atoms with Crippen LogP contribution in [0.3, 0.4) is 0 Å². The molecule has 124 valence electrons. The van der Waals surface area contributed by atoms with Crippen LogP contribution in [-0.2, 0) is 5.41 Å². The van der Waals surface area contributed by atoms with E-state index in [1.54, 1.807) is 17.1 Å². The van der Waals surface area contributed by atoms with E-state index >= 15 is 0 Å². The Morgan fingerprint density at radius 2 is 2.09 bits per heavy atom. The first-order chi connectivity index (χ1) is 10.6. The van der Waals surface area contributed by atoms with E-state index in [0.29, 0.717) is 17.2 Å². The van der Waals surface area contributed by atoms with Crippen LogP contribution in [0, 0.1) is 6.92 Å². The lowest BCUT2D eigenvalue weighted by molar-refractivity contribution is 0.209. The molecule has 23 heavy (non-hydrogen) atoms. The van der Waals surface area contributed by atoms with Crippen molar-refractivity contribution in [2.75, 3.05) is 5.32 Å². The summed E-state index contributed by atoms with van der Waals surface area (Å²) in [7, 11) is 0. The zero-order valence-electron chi connectivity index (χ0n) is 13.8. The number of hydrogen-bond donors (Lipinski definition) is 2. The van der Waals surface area contributed by atoms with Gasteiger partial charge in [-0.15, -0.1) is 0 Å². The Balaban J connectivity index is 2.44. The van der Waals surface area contributed by atoms with Gasteiger partial charge in [-0.2, -0.15) is 5.10 Å². The molecule has 2 rings (SSSR count). The van der Waals surface area contributed by atoms with E-state index in [2.05, 4.69) is 36.3 Å². The van der Waals surface area contributed by atoms with E-state index in [1.807, 2.05) is 34.6 Å². The molecule has 0 aromatic carbocycles. The summed E-state index contributed by atoms with van der Waals surface area (Å²) in [5.74, 6) is 0.621. The van der Waals surface area contributed by atoms with Gasteiger partial charge in [-0.3, -0.25) is 10.00 Å². The summed E-state index contributed by atoms with van der Waals surface area (Å²) in [4.78, 5) is 19.8. The minimum atomic E-state index is -1.11. The summed E-state index contributed by atoms with van der Waals surface area (Å²) < 4.78 is 2.53. The molecule has 2 N–H and O–H groups in total. The predicted molar refractivity (Wildman–Crippen MR) is 90.9 cm³/mol. The van der Waals surface area contributed by atoms with Crippen molar-refractivity contribution in [3.8, 4) is 0 Å². The molecule has 1 atom stereocenters. The van der Waals surface area contributed by atoms with Crippen LogP contribution in [-0.4, -0.2) is 30.9 Å². The SMILES string of the molecule is Cc1nc(C(C)n2cc(NC(=O)O)c(C(C)(C)C)n2)ncc1Br. The molecule has 2 aromatic heterocycles. The first-order valence-electron chi connectivity index (χ1n) is 7.18. The number of carbonyl (C=O) groups is 1. The second-order valence-corrected chi connectivity index (χ2v) is 7.24. The third-order valence-electron chi connectivity index (χ3n) is 3.39. The van der Waals surface area contributed by atoms with Crippen LogP contribution in [0.4, 0.5) is 10.5 Å². The number of nitrogens with zero attached hydrogens (tertiary/aromatic N) is 4. The maximum Gasteiger partial charge on any atom is 0.409 e. The molecule has 0 spiro atoms. The van der Waals surface area contributed by atoms with E-state index < -0.39 is 6.09 Å². The summed E-state index contributed by atoms with van der Waals surface area (Å²) in [5.41, 5.74) is 1.71. The molecular formula is C15H20BrN5O2. The Kier molecular flexibility index (Phi) is 4.74. The topological polar surface area (TPSA) is 92.9 Å². The Morgan fingerprint density at radius 3 is 2.61 bits per heavy atom. The van der Waals surface area contributed by atoms with Crippen LogP contribution in [0.5, 0.6) is 0 Å². The number of nitrogens with one attached hydrogen (secondary N) is 1. The van der Waals surface area contributed by atoms with Gasteiger partial charge in [-0.25, -0.2) is 14.8 Å². The molecule has 0 aliphatic rings. The molecule has 2 aromatic rings. The molecule has 1 amide bonds. The smallest absolute Gasteiger partial charge is 0.409 e. The van der Waals surface area contributed by atoms with Gasteiger partial charge in [0.1, 0.15) is 6.04 Å². The fourth-order valence-corrected chi connectivity index (χ4v) is 2.33. The summed E-state index contributed by atoms with van der Waals surface area (Å²) in [6.07, 6.45) is 2.28. The number of rotatable bonds is 3. The quantitative estimate of drug-likeness (QED) is 0.844. The number of anilines is 1. The zero-order valence-corrected chi connectivity index (χ0v) is 15.3. The molecule has 0 bridgehead atoms. The average molecular weight is 382 g/mol. The van der Waals surface area contributed by atoms with Gasteiger partial charge in [-0.1, -0.05) is 20.8 Å². The van der Waals surface area contributed by atoms with Gasteiger partial charge in [0, 0.05) is 17.8 Å². The Morgan fingerprint density at radius 1 is 1.43 bits per heavy atom. The van der Waals surface area contributed by atoms with Crippen molar-refractivity contribution in [3.63, 3.8) is 0 Å². The van der Waals surface area contributed by atoms with Crippen molar-refractivity contribution in [1.29, 1.82) is 0 Å². The van der Waals surface area contributed by atoms with Gasteiger partial charge in [-0.05, 0) is 29.8 Å². The van der Waals surface area contributed by atoms with Crippen LogP contribution < -0.4 is 5.32 Å². The Hall–Kier alpha value is -1.96. The van der Waals surface area contributed by atoms with Crippen molar-refractivity contribution in [3.05, 3.63) is 34.1 Å². The maximum absolute atomic E-state index is 11.0. The molecular weight excluding hydrogens is 362 g/mol. The summed E-state index contributed by atoms with van der Waals surface area (Å²) in [6, 6.07) is -0.216. The first-order valence-corrected chi connectivity index (χ1v) is 7.97. The lowest BCUT2D eigenvalue weighted by Crippen LogP contribution is -2.18. The molecule has 0 aliphatic carbocycles. The highest BCUT2D eigenvalue weighted by Crippen LogP contribution is 2.30. The number of amides is 1. The summed E-state index contributed by atoms with van der Waals surface area (Å²) in [5, 5.41) is 16.0. The van der Waals surface area contributed by atoms with Gasteiger partial charge in [0.15, 0.2) is 5.82 Å². The second-order valence-electron chi connectivity index (χ2n) is 6.39. The van der Waals surface area contributed by atoms with Gasteiger partial charge in [0.05, 0.1) is 21.5 Å². The number of halogens is 1. The van der Waals surface area contributed by atoms with Gasteiger partial charge < -0.3 is 5.11 Å². The van der Waals surface area contributed by atoms with E-state index in [9.17, 15) is 4.79 Å². The van der Waals surface area contributed by atoms with Gasteiger partial charge in [0.25, 0.3) is 0 Å². The Bertz CT molecular complexity index is 736. The average Bonchev–Trinajstić information content (AvgIpc) is 2.84.